The molecule has 2 N–H and O–H groups in total. The average Bonchev–Trinajstić information content (AvgIpc) is 3.08. The molecule has 23 heavy (non-hydrogen) atoms. The molecule has 0 saturated carbocycles. The normalized spacial score (nSPS) is 11.7. The highest BCUT2D eigenvalue weighted by Gasteiger charge is 2.04. The first-order valence-corrected chi connectivity index (χ1v) is 9.56. The topological polar surface area (TPSA) is 62.2 Å². The van der Waals surface area contributed by atoms with Crippen molar-refractivity contribution >= 4 is 28.6 Å². The van der Waals surface area contributed by atoms with E-state index in [2.05, 4.69) is 37.9 Å². The van der Waals surface area contributed by atoms with Crippen molar-refractivity contribution in [2.45, 2.75) is 46.6 Å². The molecule has 0 atom stereocenters. The second kappa shape index (κ2) is 8.98. The van der Waals surface area contributed by atoms with Crippen LogP contribution in [0.2, 0.25) is 0 Å². The first kappa shape index (κ1) is 17.9. The summed E-state index contributed by atoms with van der Waals surface area (Å²) in [7, 11) is 1.80. The van der Waals surface area contributed by atoms with Crippen molar-refractivity contribution in [3.8, 4) is 0 Å². The number of aryl methyl sites for hydroxylation is 4. The quantitative estimate of drug-likeness (QED) is 0.457. The van der Waals surface area contributed by atoms with Gasteiger partial charge in [0.15, 0.2) is 5.96 Å². The Labute approximate surface area is 146 Å². The van der Waals surface area contributed by atoms with Gasteiger partial charge in [0.05, 0.1) is 17.2 Å². The number of hydrogen-bond donors (Lipinski definition) is 2. The number of guanidine groups is 1. The summed E-state index contributed by atoms with van der Waals surface area (Å²) in [5.41, 5.74) is 2.24. The zero-order valence-electron chi connectivity index (χ0n) is 14.3. The van der Waals surface area contributed by atoms with Crippen molar-refractivity contribution in [2.75, 3.05) is 13.6 Å². The maximum Gasteiger partial charge on any atom is 0.191 e. The minimum atomic E-state index is 0.720. The molecular weight excluding hydrogens is 326 g/mol. The van der Waals surface area contributed by atoms with Crippen LogP contribution in [-0.2, 0) is 13.0 Å². The van der Waals surface area contributed by atoms with Crippen LogP contribution in [0.4, 0.5) is 0 Å². The Bertz CT molecular complexity index is 625. The predicted molar refractivity (Wildman–Crippen MR) is 99.6 cm³/mol. The van der Waals surface area contributed by atoms with Crippen molar-refractivity contribution in [2.24, 2.45) is 4.99 Å². The fourth-order valence-electron chi connectivity index (χ4n) is 2.12. The van der Waals surface area contributed by atoms with E-state index in [-0.39, 0.29) is 0 Å². The first-order chi connectivity index (χ1) is 11.1. The van der Waals surface area contributed by atoms with Gasteiger partial charge < -0.3 is 10.6 Å². The van der Waals surface area contributed by atoms with Gasteiger partial charge in [0.2, 0.25) is 0 Å². The largest absolute Gasteiger partial charge is 0.356 e. The second-order valence-corrected chi connectivity index (χ2v) is 7.67. The highest BCUT2D eigenvalue weighted by atomic mass is 32.1. The fourth-order valence-corrected chi connectivity index (χ4v) is 3.81. The summed E-state index contributed by atoms with van der Waals surface area (Å²) >= 11 is 3.49. The van der Waals surface area contributed by atoms with E-state index in [1.165, 1.54) is 9.88 Å². The molecule has 0 radical (unpaired) electrons. The van der Waals surface area contributed by atoms with Gasteiger partial charge >= 0.3 is 0 Å². The molecule has 0 amide bonds. The minimum Gasteiger partial charge on any atom is -0.356 e. The highest BCUT2D eigenvalue weighted by molar-refractivity contribution is 7.11. The molecule has 0 spiro atoms. The summed E-state index contributed by atoms with van der Waals surface area (Å²) < 4.78 is 0. The van der Waals surface area contributed by atoms with Gasteiger partial charge in [-0.2, -0.15) is 0 Å². The van der Waals surface area contributed by atoms with Gasteiger partial charge in [0.25, 0.3) is 0 Å². The summed E-state index contributed by atoms with van der Waals surface area (Å²) in [4.78, 5) is 14.5. The van der Waals surface area contributed by atoms with Crippen LogP contribution >= 0.6 is 22.7 Å². The van der Waals surface area contributed by atoms with E-state index in [1.807, 2.05) is 13.8 Å². The molecule has 7 heteroatoms. The maximum atomic E-state index is 4.53. The smallest absolute Gasteiger partial charge is 0.191 e. The van der Waals surface area contributed by atoms with Crippen LogP contribution in [0, 0.1) is 20.8 Å². The number of nitrogens with one attached hydrogen (secondary N) is 2. The number of thiazole rings is 2. The lowest BCUT2D eigenvalue weighted by molar-refractivity contribution is 0.691. The van der Waals surface area contributed by atoms with Crippen LogP contribution in [-0.4, -0.2) is 29.5 Å². The van der Waals surface area contributed by atoms with Crippen LogP contribution in [0.1, 0.15) is 39.1 Å². The zero-order chi connectivity index (χ0) is 16.7. The van der Waals surface area contributed by atoms with Gasteiger partial charge in [-0.15, -0.1) is 22.7 Å². The Morgan fingerprint density at radius 1 is 1.13 bits per heavy atom. The van der Waals surface area contributed by atoms with Gasteiger partial charge in [-0.25, -0.2) is 9.97 Å². The Hall–Kier alpha value is -1.47. The molecule has 2 heterocycles. The Kier molecular flexibility index (Phi) is 6.98. The zero-order valence-corrected chi connectivity index (χ0v) is 15.9. The van der Waals surface area contributed by atoms with Crippen LogP contribution in [0.5, 0.6) is 0 Å². The molecule has 126 valence electrons. The number of rotatable bonds is 7. The van der Waals surface area contributed by atoms with E-state index in [4.69, 9.17) is 0 Å². The van der Waals surface area contributed by atoms with Crippen molar-refractivity contribution in [3.63, 3.8) is 0 Å². The molecule has 0 aliphatic rings. The summed E-state index contributed by atoms with van der Waals surface area (Å²) in [6.07, 6.45) is 3.31. The van der Waals surface area contributed by atoms with Crippen LogP contribution in [0.25, 0.3) is 0 Å². The minimum absolute atomic E-state index is 0.720. The van der Waals surface area contributed by atoms with Gasteiger partial charge in [-0.1, -0.05) is 0 Å². The first-order valence-electron chi connectivity index (χ1n) is 7.87. The third kappa shape index (κ3) is 5.91. The summed E-state index contributed by atoms with van der Waals surface area (Å²) in [6.45, 7) is 7.83. The van der Waals surface area contributed by atoms with E-state index in [9.17, 15) is 0 Å². The SMILES string of the molecule is CN=C(NCCCCc1nc(C)cs1)NCc1nc(C)c(C)s1. The number of nitrogens with zero attached hydrogens (tertiary/aromatic N) is 3. The molecule has 5 nitrogen and oxygen atoms in total. The number of unbranched alkanes of at least 4 members (excludes halogenated alkanes) is 1. The van der Waals surface area contributed by atoms with E-state index >= 15 is 0 Å². The summed E-state index contributed by atoms with van der Waals surface area (Å²) in [5, 5.41) is 11.1. The van der Waals surface area contributed by atoms with Gasteiger partial charge in [0.1, 0.15) is 5.01 Å². The molecule has 0 bridgehead atoms. The van der Waals surface area contributed by atoms with E-state index in [0.29, 0.717) is 0 Å². The molecule has 2 aromatic heterocycles. The number of aromatic nitrogens is 2. The van der Waals surface area contributed by atoms with Gasteiger partial charge in [0, 0.05) is 29.5 Å². The maximum absolute atomic E-state index is 4.53. The van der Waals surface area contributed by atoms with Crippen molar-refractivity contribution < 1.29 is 0 Å². The van der Waals surface area contributed by atoms with Crippen molar-refractivity contribution in [1.29, 1.82) is 0 Å². The monoisotopic (exact) mass is 351 g/mol. The van der Waals surface area contributed by atoms with Crippen LogP contribution < -0.4 is 10.6 Å². The number of aliphatic imine (C=N–C) groups is 1. The van der Waals surface area contributed by atoms with Crippen molar-refractivity contribution in [3.05, 3.63) is 31.7 Å². The lowest BCUT2D eigenvalue weighted by Gasteiger charge is -2.10. The molecule has 0 aromatic carbocycles. The Morgan fingerprint density at radius 3 is 2.57 bits per heavy atom. The fraction of sp³-hybridized carbons (Fsp3) is 0.562. The Morgan fingerprint density at radius 2 is 1.96 bits per heavy atom. The summed E-state index contributed by atoms with van der Waals surface area (Å²) in [5.74, 6) is 0.834. The molecule has 2 aromatic rings. The van der Waals surface area contributed by atoms with Gasteiger partial charge in [-0.05, 0) is 40.0 Å². The summed E-state index contributed by atoms with van der Waals surface area (Å²) in [6, 6.07) is 0. The third-order valence-electron chi connectivity index (χ3n) is 3.48. The Balaban J connectivity index is 1.63. The van der Waals surface area contributed by atoms with Gasteiger partial charge in [-0.3, -0.25) is 4.99 Å². The highest BCUT2D eigenvalue weighted by Crippen LogP contribution is 2.15. The van der Waals surface area contributed by atoms with Crippen LogP contribution in [0.3, 0.4) is 0 Å². The molecule has 0 aliphatic carbocycles. The molecule has 0 saturated heterocycles. The van der Waals surface area contributed by atoms with E-state index < -0.39 is 0 Å². The lowest BCUT2D eigenvalue weighted by Crippen LogP contribution is -2.37. The van der Waals surface area contributed by atoms with E-state index in [0.717, 1.165) is 54.7 Å². The molecular formula is C16H25N5S2. The number of hydrogen-bond acceptors (Lipinski definition) is 5. The van der Waals surface area contributed by atoms with E-state index in [1.54, 1.807) is 29.7 Å². The lowest BCUT2D eigenvalue weighted by atomic mass is 10.2. The molecule has 0 fully saturated rings. The molecule has 0 aliphatic heterocycles. The molecule has 0 unspecified atom stereocenters. The van der Waals surface area contributed by atoms with Crippen LogP contribution in [0.15, 0.2) is 10.4 Å². The average molecular weight is 352 g/mol. The second-order valence-electron chi connectivity index (χ2n) is 5.44. The predicted octanol–water partition coefficient (Wildman–Crippen LogP) is 3.21. The van der Waals surface area contributed by atoms with Crippen molar-refractivity contribution in [1.82, 2.24) is 20.6 Å². The standard InChI is InChI=1S/C16H25N5S2/c1-11-10-22-14(20-11)7-5-6-8-18-16(17-4)19-9-15-21-12(2)13(3)23-15/h10H,5-9H2,1-4H3,(H2,17,18,19). The molecule has 2 rings (SSSR count). The third-order valence-corrected chi connectivity index (χ3v) is 5.58.